The molecule has 10 heteroatoms. The number of hydrogen-bond donors (Lipinski definition) is 2. The Labute approximate surface area is 222 Å². The van der Waals surface area contributed by atoms with E-state index in [0.717, 1.165) is 22.9 Å². The van der Waals surface area contributed by atoms with Crippen LogP contribution in [0.1, 0.15) is 0 Å². The number of ether oxygens (including phenoxy) is 2. The SMILES string of the molecule is COc1ccc(-c2ccc(S(C)(=O)=O)cc2)cc1OC.CS(=O)(=O)c1ccc(-c2ccc(O)c(O)c2)cc1. The second kappa shape index (κ2) is 11.6. The number of methoxy groups -OCH3 is 2. The molecule has 0 unspecified atom stereocenters. The number of rotatable bonds is 6. The standard InChI is InChI=1S/C15H16O4S.C13H12O4S/c1-18-14-9-6-12(10-15(14)19-2)11-4-7-13(8-5-11)20(3,16)17;1-18(16,17)11-5-2-9(3-6-11)10-4-7-12(14)13(15)8-10/h4-10H,1-3H3;2-8,14-15H,1H3. The van der Waals surface area contributed by atoms with Crippen molar-refractivity contribution < 1.29 is 36.5 Å². The van der Waals surface area contributed by atoms with Crippen molar-refractivity contribution in [2.24, 2.45) is 0 Å². The van der Waals surface area contributed by atoms with E-state index in [9.17, 15) is 27.0 Å². The maximum absolute atomic E-state index is 11.4. The molecule has 0 aliphatic heterocycles. The minimum absolute atomic E-state index is 0.188. The lowest BCUT2D eigenvalue weighted by atomic mass is 10.1. The Kier molecular flexibility index (Phi) is 8.70. The average Bonchev–Trinajstić information content (AvgIpc) is 2.89. The lowest BCUT2D eigenvalue weighted by Gasteiger charge is -2.10. The third-order valence-electron chi connectivity index (χ3n) is 5.59. The summed E-state index contributed by atoms with van der Waals surface area (Å²) in [6.45, 7) is 0. The van der Waals surface area contributed by atoms with Crippen LogP contribution >= 0.6 is 0 Å². The molecule has 4 aromatic rings. The van der Waals surface area contributed by atoms with Gasteiger partial charge in [-0.05, 0) is 70.8 Å². The van der Waals surface area contributed by atoms with Crippen molar-refractivity contribution in [2.45, 2.75) is 9.79 Å². The van der Waals surface area contributed by atoms with E-state index >= 15 is 0 Å². The molecule has 38 heavy (non-hydrogen) atoms. The van der Waals surface area contributed by atoms with Crippen LogP contribution in [0.2, 0.25) is 0 Å². The Morgan fingerprint density at radius 1 is 0.500 bits per heavy atom. The number of phenols is 2. The molecular weight excluding hydrogens is 528 g/mol. The fourth-order valence-corrected chi connectivity index (χ4v) is 4.77. The van der Waals surface area contributed by atoms with Gasteiger partial charge in [0.1, 0.15) is 0 Å². The van der Waals surface area contributed by atoms with Crippen molar-refractivity contribution in [1.82, 2.24) is 0 Å². The molecule has 4 aromatic carbocycles. The van der Waals surface area contributed by atoms with E-state index < -0.39 is 19.7 Å². The van der Waals surface area contributed by atoms with E-state index in [4.69, 9.17) is 9.47 Å². The zero-order valence-electron chi connectivity index (χ0n) is 21.2. The molecule has 0 atom stereocenters. The van der Waals surface area contributed by atoms with Crippen LogP contribution in [0.15, 0.2) is 94.7 Å². The first-order valence-corrected chi connectivity index (χ1v) is 15.0. The highest BCUT2D eigenvalue weighted by atomic mass is 32.2. The highest BCUT2D eigenvalue weighted by Crippen LogP contribution is 2.33. The van der Waals surface area contributed by atoms with Gasteiger partial charge in [0.05, 0.1) is 24.0 Å². The fraction of sp³-hybridized carbons (Fsp3) is 0.143. The van der Waals surface area contributed by atoms with Crippen LogP contribution in [0.25, 0.3) is 22.3 Å². The summed E-state index contributed by atoms with van der Waals surface area (Å²) in [5.41, 5.74) is 3.31. The summed E-state index contributed by atoms with van der Waals surface area (Å²) >= 11 is 0. The van der Waals surface area contributed by atoms with E-state index in [1.54, 1.807) is 56.7 Å². The van der Waals surface area contributed by atoms with Crippen LogP contribution < -0.4 is 9.47 Å². The lowest BCUT2D eigenvalue weighted by Crippen LogP contribution is -1.96. The second-order valence-electron chi connectivity index (χ2n) is 8.37. The third kappa shape index (κ3) is 7.05. The summed E-state index contributed by atoms with van der Waals surface area (Å²) in [5, 5.41) is 18.6. The van der Waals surface area contributed by atoms with Crippen molar-refractivity contribution in [2.75, 3.05) is 26.7 Å². The Balaban J connectivity index is 0.000000212. The van der Waals surface area contributed by atoms with E-state index in [-0.39, 0.29) is 16.4 Å². The number of aromatic hydroxyl groups is 2. The molecule has 200 valence electrons. The van der Waals surface area contributed by atoms with Gasteiger partial charge in [-0.3, -0.25) is 0 Å². The van der Waals surface area contributed by atoms with E-state index in [0.29, 0.717) is 22.0 Å². The monoisotopic (exact) mass is 556 g/mol. The minimum Gasteiger partial charge on any atom is -0.504 e. The summed E-state index contributed by atoms with van der Waals surface area (Å²) in [6, 6.07) is 23.1. The van der Waals surface area contributed by atoms with Gasteiger partial charge in [0, 0.05) is 12.5 Å². The maximum atomic E-state index is 11.4. The summed E-state index contributed by atoms with van der Waals surface area (Å²) in [5.74, 6) is 0.896. The highest BCUT2D eigenvalue weighted by molar-refractivity contribution is 7.91. The number of sulfone groups is 2. The van der Waals surface area contributed by atoms with Crippen LogP contribution in [0.5, 0.6) is 23.0 Å². The molecule has 4 rings (SSSR count). The van der Waals surface area contributed by atoms with Crippen molar-refractivity contribution in [3.63, 3.8) is 0 Å². The highest BCUT2D eigenvalue weighted by Gasteiger charge is 2.10. The largest absolute Gasteiger partial charge is 0.504 e. The number of hydrogen-bond acceptors (Lipinski definition) is 8. The fourth-order valence-electron chi connectivity index (χ4n) is 3.51. The van der Waals surface area contributed by atoms with Gasteiger partial charge in [-0.1, -0.05) is 36.4 Å². The van der Waals surface area contributed by atoms with Gasteiger partial charge >= 0.3 is 0 Å². The molecule has 0 radical (unpaired) electrons. The molecule has 0 heterocycles. The second-order valence-corrected chi connectivity index (χ2v) is 12.4. The van der Waals surface area contributed by atoms with Gasteiger partial charge < -0.3 is 19.7 Å². The quantitative estimate of drug-likeness (QED) is 0.320. The zero-order chi connectivity index (χ0) is 28.1. The van der Waals surface area contributed by atoms with Crippen LogP contribution in [0, 0.1) is 0 Å². The van der Waals surface area contributed by atoms with Gasteiger partial charge in [0.2, 0.25) is 0 Å². The van der Waals surface area contributed by atoms with Gasteiger partial charge in [0.25, 0.3) is 0 Å². The van der Waals surface area contributed by atoms with Gasteiger partial charge in [-0.2, -0.15) is 0 Å². The van der Waals surface area contributed by atoms with Crippen LogP contribution in [0.3, 0.4) is 0 Å². The average molecular weight is 557 g/mol. The smallest absolute Gasteiger partial charge is 0.175 e. The molecule has 0 amide bonds. The van der Waals surface area contributed by atoms with E-state index in [2.05, 4.69) is 0 Å². The Morgan fingerprint density at radius 3 is 1.29 bits per heavy atom. The van der Waals surface area contributed by atoms with E-state index in [1.165, 1.54) is 30.5 Å². The Morgan fingerprint density at radius 2 is 0.895 bits per heavy atom. The van der Waals surface area contributed by atoms with Gasteiger partial charge in [0.15, 0.2) is 42.7 Å². The lowest BCUT2D eigenvalue weighted by molar-refractivity contribution is 0.355. The molecule has 0 saturated carbocycles. The van der Waals surface area contributed by atoms with E-state index in [1.807, 2.05) is 18.2 Å². The molecular formula is C28H28O8S2. The van der Waals surface area contributed by atoms with Crippen molar-refractivity contribution in [3.05, 3.63) is 84.9 Å². The molecule has 2 N–H and O–H groups in total. The van der Waals surface area contributed by atoms with Crippen LogP contribution in [-0.4, -0.2) is 53.8 Å². The first-order valence-electron chi connectivity index (χ1n) is 11.2. The number of phenolic OH excluding ortho intramolecular Hbond substituents is 2. The first kappa shape index (κ1) is 28.5. The molecule has 8 nitrogen and oxygen atoms in total. The predicted molar refractivity (Wildman–Crippen MR) is 146 cm³/mol. The predicted octanol–water partition coefficient (Wildman–Crippen LogP) is 4.94. The van der Waals surface area contributed by atoms with Gasteiger partial charge in [-0.25, -0.2) is 16.8 Å². The molecule has 0 aromatic heterocycles. The topological polar surface area (TPSA) is 127 Å². The first-order chi connectivity index (χ1) is 17.8. The van der Waals surface area contributed by atoms with Gasteiger partial charge in [-0.15, -0.1) is 0 Å². The molecule has 0 aliphatic rings. The summed E-state index contributed by atoms with van der Waals surface area (Å²) in [7, 11) is -3.22. The summed E-state index contributed by atoms with van der Waals surface area (Å²) in [4.78, 5) is 0.552. The normalized spacial score (nSPS) is 11.3. The van der Waals surface area contributed by atoms with Crippen molar-refractivity contribution in [3.8, 4) is 45.3 Å². The molecule has 0 fully saturated rings. The van der Waals surface area contributed by atoms with Crippen molar-refractivity contribution >= 4 is 19.7 Å². The molecule has 0 aliphatic carbocycles. The third-order valence-corrected chi connectivity index (χ3v) is 7.85. The van der Waals surface area contributed by atoms with Crippen molar-refractivity contribution in [1.29, 1.82) is 0 Å². The zero-order valence-corrected chi connectivity index (χ0v) is 22.9. The number of benzene rings is 4. The maximum Gasteiger partial charge on any atom is 0.175 e. The summed E-state index contributed by atoms with van der Waals surface area (Å²) < 4.78 is 55.9. The van der Waals surface area contributed by atoms with Crippen LogP contribution in [-0.2, 0) is 19.7 Å². The molecule has 0 saturated heterocycles. The van der Waals surface area contributed by atoms with Crippen LogP contribution in [0.4, 0.5) is 0 Å². The molecule has 0 bridgehead atoms. The minimum atomic E-state index is -3.21. The molecule has 0 spiro atoms. The Bertz CT molecular complexity index is 1630. The Hall–Kier alpha value is -4.02. The summed E-state index contributed by atoms with van der Waals surface area (Å²) in [6.07, 6.45) is 2.34.